The van der Waals surface area contributed by atoms with E-state index in [4.69, 9.17) is 19.9 Å². The van der Waals surface area contributed by atoms with Gasteiger partial charge in [0.2, 0.25) is 0 Å². The second-order valence-electron chi connectivity index (χ2n) is 16.0. The molecular formula is C59H34N8. The molecule has 8 aromatic carbocycles. The Labute approximate surface area is 386 Å². The van der Waals surface area contributed by atoms with Crippen molar-refractivity contribution < 1.29 is 0 Å². The van der Waals surface area contributed by atoms with Crippen molar-refractivity contribution in [1.82, 2.24) is 24.5 Å². The van der Waals surface area contributed by atoms with Gasteiger partial charge in [0, 0.05) is 44.2 Å². The van der Waals surface area contributed by atoms with Crippen molar-refractivity contribution >= 4 is 21.8 Å². The predicted molar refractivity (Wildman–Crippen MR) is 264 cm³/mol. The van der Waals surface area contributed by atoms with Crippen LogP contribution in [-0.2, 0) is 0 Å². The predicted octanol–water partition coefficient (Wildman–Crippen LogP) is 13.6. The van der Waals surface area contributed by atoms with Crippen LogP contribution in [0, 0.1) is 34.0 Å². The van der Waals surface area contributed by atoms with Gasteiger partial charge in [-0.1, -0.05) is 146 Å². The molecule has 0 aliphatic carbocycles. The van der Waals surface area contributed by atoms with E-state index < -0.39 is 0 Å². The number of nitrogens with zero attached hydrogens (tertiary/aromatic N) is 8. The van der Waals surface area contributed by atoms with Crippen molar-refractivity contribution in [3.8, 4) is 103 Å². The highest BCUT2D eigenvalue weighted by atomic mass is 15.0. The summed E-state index contributed by atoms with van der Waals surface area (Å²) >= 11 is 0. The third-order valence-electron chi connectivity index (χ3n) is 11.9. The minimum absolute atomic E-state index is 0.382. The van der Waals surface area contributed by atoms with Crippen LogP contribution < -0.4 is 0 Å². The minimum atomic E-state index is 0.382. The van der Waals surface area contributed by atoms with Crippen LogP contribution in [0.3, 0.4) is 0 Å². The van der Waals surface area contributed by atoms with Gasteiger partial charge in [-0.15, -0.1) is 0 Å². The summed E-state index contributed by atoms with van der Waals surface area (Å²) in [6.07, 6.45) is 0. The fraction of sp³-hybridized carbons (Fsp3) is 0. The number of rotatable bonds is 8. The summed E-state index contributed by atoms with van der Waals surface area (Å²) in [5.74, 6) is 0.826. The Morgan fingerprint density at radius 1 is 0.313 bits per heavy atom. The number of hydrogen-bond donors (Lipinski definition) is 0. The molecule has 11 aromatic rings. The molecule has 0 amide bonds. The third kappa shape index (κ3) is 7.51. The van der Waals surface area contributed by atoms with E-state index in [2.05, 4.69) is 47.0 Å². The zero-order chi connectivity index (χ0) is 45.3. The smallest absolute Gasteiger partial charge is 0.162 e. The molecule has 8 heteroatoms. The first-order chi connectivity index (χ1) is 33.0. The average Bonchev–Trinajstić information content (AvgIpc) is 3.74. The standard InChI is InChI=1S/C59H34N8/c60-35-38-27-39(36-61)29-46(28-38)45-25-26-56-48(32-45)47-23-13-14-24-55(47)67(56)57-49(58-63-51(41-15-5-1-6-16-41)33-52(64-58)42-17-7-2-8-18-42)30-40(37-62)31-50(57)59-65-53(43-19-9-3-10-20-43)34-54(66-59)44-21-11-4-12-22-44/h1-34H. The van der Waals surface area contributed by atoms with Gasteiger partial charge >= 0.3 is 0 Å². The largest absolute Gasteiger partial charge is 0.308 e. The molecule has 0 aliphatic rings. The zero-order valence-electron chi connectivity index (χ0n) is 35.7. The van der Waals surface area contributed by atoms with Crippen molar-refractivity contribution in [2.75, 3.05) is 0 Å². The van der Waals surface area contributed by atoms with E-state index in [-0.39, 0.29) is 0 Å². The fourth-order valence-electron chi connectivity index (χ4n) is 8.76. The molecule has 11 rings (SSSR count). The molecule has 8 nitrogen and oxygen atoms in total. The van der Waals surface area contributed by atoms with E-state index >= 15 is 0 Å². The molecule has 0 radical (unpaired) electrons. The summed E-state index contributed by atoms with van der Waals surface area (Å²) in [5, 5.41) is 32.6. The maximum atomic E-state index is 10.9. The maximum absolute atomic E-state index is 10.9. The molecule has 0 fully saturated rings. The van der Waals surface area contributed by atoms with E-state index in [1.54, 1.807) is 18.2 Å². The second-order valence-corrected chi connectivity index (χ2v) is 16.0. The Hall–Kier alpha value is -9.81. The highest BCUT2D eigenvalue weighted by Gasteiger charge is 2.26. The fourth-order valence-corrected chi connectivity index (χ4v) is 8.76. The highest BCUT2D eigenvalue weighted by molar-refractivity contribution is 6.11. The van der Waals surface area contributed by atoms with Gasteiger partial charge in [0.25, 0.3) is 0 Å². The summed E-state index contributed by atoms with van der Waals surface area (Å²) in [7, 11) is 0. The SMILES string of the molecule is N#Cc1cc(C#N)cc(-c2ccc3c(c2)c2ccccc2n3-c2c(-c3nc(-c4ccccc4)cc(-c4ccccc4)n3)cc(C#N)cc2-c2nc(-c3ccccc3)cc(-c3ccccc3)n2)c1. The first kappa shape index (κ1) is 40.0. The van der Waals surface area contributed by atoms with Crippen LogP contribution in [0.1, 0.15) is 16.7 Å². The van der Waals surface area contributed by atoms with Gasteiger partial charge in [0.1, 0.15) is 0 Å². The van der Waals surface area contributed by atoms with E-state index in [0.717, 1.165) is 78.0 Å². The summed E-state index contributed by atoms with van der Waals surface area (Å²) in [5.41, 5.74) is 13.0. The number of benzene rings is 8. The first-order valence-corrected chi connectivity index (χ1v) is 21.6. The summed E-state index contributed by atoms with van der Waals surface area (Å²) in [4.78, 5) is 21.3. The molecule has 0 aliphatic heterocycles. The topological polar surface area (TPSA) is 128 Å². The molecule has 0 spiro atoms. The normalized spacial score (nSPS) is 10.9. The number of nitriles is 3. The zero-order valence-corrected chi connectivity index (χ0v) is 35.7. The van der Waals surface area contributed by atoms with Gasteiger partial charge in [-0.3, -0.25) is 0 Å². The number of aromatic nitrogens is 5. The molecule has 0 saturated carbocycles. The number of para-hydroxylation sites is 1. The van der Waals surface area contributed by atoms with Crippen molar-refractivity contribution in [2.45, 2.75) is 0 Å². The van der Waals surface area contributed by atoms with Gasteiger partial charge < -0.3 is 4.57 Å². The Kier molecular flexibility index (Phi) is 10.2. The van der Waals surface area contributed by atoms with Gasteiger partial charge in [0.15, 0.2) is 11.6 Å². The van der Waals surface area contributed by atoms with Crippen LogP contribution >= 0.6 is 0 Å². The van der Waals surface area contributed by atoms with Crippen molar-refractivity contribution in [1.29, 1.82) is 15.8 Å². The van der Waals surface area contributed by atoms with Gasteiger partial charge in [-0.25, -0.2) is 19.9 Å². The van der Waals surface area contributed by atoms with Gasteiger partial charge in [0.05, 0.1) is 74.4 Å². The maximum Gasteiger partial charge on any atom is 0.162 e. The molecule has 3 aromatic heterocycles. The van der Waals surface area contributed by atoms with Crippen molar-refractivity contribution in [3.63, 3.8) is 0 Å². The van der Waals surface area contributed by atoms with Crippen LogP contribution in [0.5, 0.6) is 0 Å². The molecule has 0 saturated heterocycles. The van der Waals surface area contributed by atoms with Crippen molar-refractivity contribution in [2.24, 2.45) is 0 Å². The van der Waals surface area contributed by atoms with Crippen LogP contribution in [0.25, 0.3) is 106 Å². The Balaban J connectivity index is 1.27. The molecule has 0 atom stereocenters. The second kappa shape index (κ2) is 17.1. The van der Waals surface area contributed by atoms with Crippen LogP contribution in [0.15, 0.2) is 206 Å². The molecule has 3 heterocycles. The molecule has 310 valence electrons. The van der Waals surface area contributed by atoms with Crippen LogP contribution in [-0.4, -0.2) is 24.5 Å². The molecule has 67 heavy (non-hydrogen) atoms. The quantitative estimate of drug-likeness (QED) is 0.149. The van der Waals surface area contributed by atoms with E-state index in [1.165, 1.54) is 0 Å². The lowest BCUT2D eigenvalue weighted by molar-refractivity contribution is 1.12. The Bertz CT molecular complexity index is 3530. The minimum Gasteiger partial charge on any atom is -0.308 e. The van der Waals surface area contributed by atoms with E-state index in [9.17, 15) is 15.8 Å². The molecule has 0 N–H and O–H groups in total. The molecular weight excluding hydrogens is 821 g/mol. The Morgan fingerprint density at radius 2 is 0.701 bits per heavy atom. The van der Waals surface area contributed by atoms with Crippen molar-refractivity contribution in [3.05, 3.63) is 223 Å². The summed E-state index contributed by atoms with van der Waals surface area (Å²) < 4.78 is 2.20. The van der Waals surface area contributed by atoms with E-state index in [0.29, 0.717) is 45.2 Å². The number of fused-ring (bicyclic) bond motifs is 3. The number of hydrogen-bond acceptors (Lipinski definition) is 7. The Morgan fingerprint density at radius 3 is 1.13 bits per heavy atom. The summed E-state index contributed by atoms with van der Waals surface area (Å²) in [6.45, 7) is 0. The lowest BCUT2D eigenvalue weighted by Crippen LogP contribution is -2.06. The highest BCUT2D eigenvalue weighted by Crippen LogP contribution is 2.43. The molecule has 0 unspecified atom stereocenters. The summed E-state index contributed by atoms with van der Waals surface area (Å²) in [6, 6.07) is 74.3. The lowest BCUT2D eigenvalue weighted by atomic mass is 9.98. The molecule has 0 bridgehead atoms. The first-order valence-electron chi connectivity index (χ1n) is 21.6. The monoisotopic (exact) mass is 854 g/mol. The van der Waals surface area contributed by atoms with Gasteiger partial charge in [-0.2, -0.15) is 15.8 Å². The average molecular weight is 855 g/mol. The van der Waals surface area contributed by atoms with E-state index in [1.807, 2.05) is 164 Å². The van der Waals surface area contributed by atoms with Crippen LogP contribution in [0.2, 0.25) is 0 Å². The lowest BCUT2D eigenvalue weighted by Gasteiger charge is -2.20. The van der Waals surface area contributed by atoms with Crippen LogP contribution in [0.4, 0.5) is 0 Å². The van der Waals surface area contributed by atoms with Gasteiger partial charge in [-0.05, 0) is 71.8 Å². The third-order valence-corrected chi connectivity index (χ3v) is 11.9.